The largest absolute Gasteiger partial charge is 0.385 e. The van der Waals surface area contributed by atoms with Crippen molar-refractivity contribution in [1.82, 2.24) is 19.9 Å². The molecule has 0 spiro atoms. The molecule has 3 heterocycles. The number of aryl methyl sites for hydroxylation is 1. The fourth-order valence-corrected chi connectivity index (χ4v) is 2.85. The molecule has 0 atom stereocenters. The van der Waals surface area contributed by atoms with E-state index in [0.29, 0.717) is 5.65 Å². The molecule has 7 nitrogen and oxygen atoms in total. The Bertz CT molecular complexity index is 670. The van der Waals surface area contributed by atoms with E-state index in [2.05, 4.69) is 43.9 Å². The average molecular weight is 346 g/mol. The molecule has 1 aliphatic heterocycles. The molecule has 1 saturated heterocycles. The number of hydrogen-bond acceptors (Lipinski definition) is 7. The van der Waals surface area contributed by atoms with Gasteiger partial charge in [-0.3, -0.25) is 0 Å². The molecule has 138 valence electrons. The van der Waals surface area contributed by atoms with Crippen molar-refractivity contribution in [3.8, 4) is 0 Å². The van der Waals surface area contributed by atoms with E-state index in [-0.39, 0.29) is 5.95 Å². The summed E-state index contributed by atoms with van der Waals surface area (Å²) in [5.41, 5.74) is 7.60. The van der Waals surface area contributed by atoms with E-state index < -0.39 is 0 Å². The minimum absolute atomic E-state index is 0.285. The van der Waals surface area contributed by atoms with Gasteiger partial charge in [0.15, 0.2) is 5.65 Å². The van der Waals surface area contributed by atoms with Crippen molar-refractivity contribution in [2.75, 3.05) is 57.6 Å². The quantitative estimate of drug-likeness (QED) is 0.829. The second-order valence-corrected chi connectivity index (χ2v) is 5.97. The Kier molecular flexibility index (Phi) is 7.33. The summed E-state index contributed by atoms with van der Waals surface area (Å²) in [5.74, 6) is 1.18. The molecule has 0 aromatic carbocycles. The van der Waals surface area contributed by atoms with E-state index >= 15 is 0 Å². The molecular formula is C18H30N6O. The van der Waals surface area contributed by atoms with Crippen molar-refractivity contribution in [3.05, 3.63) is 17.8 Å². The number of nitrogens with two attached hydrogens (primary N) is 1. The topological polar surface area (TPSA) is 80.4 Å². The normalized spacial score (nSPS) is 15.1. The Morgan fingerprint density at radius 2 is 1.80 bits per heavy atom. The number of anilines is 2. The summed E-state index contributed by atoms with van der Waals surface area (Å²) in [6.45, 7) is 8.66. The standard InChI is InChI=1S/C16H24N6O.C2H6/c1-21-7-9-22(10-8-21)15-13-6-5-12(4-3-11-23-2)18-14(13)19-16(17)20-15;1-2/h5-6H,3-4,7-11H2,1-2H3,(H2,17,18,19,20);1-2H3. The number of piperazine rings is 1. The maximum atomic E-state index is 5.91. The fourth-order valence-electron chi connectivity index (χ4n) is 2.85. The average Bonchev–Trinajstić information content (AvgIpc) is 2.63. The van der Waals surface area contributed by atoms with Crippen molar-refractivity contribution < 1.29 is 4.74 Å². The predicted molar refractivity (Wildman–Crippen MR) is 103 cm³/mol. The van der Waals surface area contributed by atoms with Crippen LogP contribution in [0.5, 0.6) is 0 Å². The van der Waals surface area contributed by atoms with Crippen LogP contribution in [0.3, 0.4) is 0 Å². The van der Waals surface area contributed by atoms with Crippen LogP contribution in [-0.2, 0) is 11.2 Å². The summed E-state index contributed by atoms with van der Waals surface area (Å²) in [4.78, 5) is 18.0. The number of ether oxygens (including phenoxy) is 1. The highest BCUT2D eigenvalue weighted by atomic mass is 16.5. The molecule has 0 aliphatic carbocycles. The van der Waals surface area contributed by atoms with Crippen LogP contribution in [0, 0.1) is 0 Å². The van der Waals surface area contributed by atoms with E-state index in [4.69, 9.17) is 10.5 Å². The summed E-state index contributed by atoms with van der Waals surface area (Å²) < 4.78 is 5.09. The van der Waals surface area contributed by atoms with Gasteiger partial charge in [0.25, 0.3) is 0 Å². The number of aromatic nitrogens is 3. The lowest BCUT2D eigenvalue weighted by Crippen LogP contribution is -2.45. The highest BCUT2D eigenvalue weighted by Crippen LogP contribution is 2.25. The van der Waals surface area contributed by atoms with Gasteiger partial charge in [-0.05, 0) is 32.0 Å². The van der Waals surface area contributed by atoms with Crippen molar-refractivity contribution in [2.24, 2.45) is 0 Å². The number of hydrogen-bond donors (Lipinski definition) is 1. The van der Waals surface area contributed by atoms with Gasteiger partial charge in [-0.2, -0.15) is 9.97 Å². The summed E-state index contributed by atoms with van der Waals surface area (Å²) in [6, 6.07) is 4.12. The van der Waals surface area contributed by atoms with Crippen LogP contribution in [0.1, 0.15) is 26.0 Å². The third kappa shape index (κ3) is 4.99. The summed E-state index contributed by atoms with van der Waals surface area (Å²) >= 11 is 0. The molecule has 1 aliphatic rings. The second kappa shape index (κ2) is 9.48. The maximum Gasteiger partial charge on any atom is 0.224 e. The number of nitrogens with zero attached hydrogens (tertiary/aromatic N) is 5. The molecular weight excluding hydrogens is 316 g/mol. The van der Waals surface area contributed by atoms with E-state index in [1.807, 2.05) is 13.8 Å². The first-order chi connectivity index (χ1) is 12.2. The Morgan fingerprint density at radius 3 is 2.48 bits per heavy atom. The first-order valence-corrected chi connectivity index (χ1v) is 9.03. The number of methoxy groups -OCH3 is 1. The zero-order chi connectivity index (χ0) is 18.2. The van der Waals surface area contributed by atoms with Crippen molar-refractivity contribution in [2.45, 2.75) is 26.7 Å². The van der Waals surface area contributed by atoms with Gasteiger partial charge in [0.2, 0.25) is 5.95 Å². The van der Waals surface area contributed by atoms with Crippen LogP contribution in [0.4, 0.5) is 11.8 Å². The number of nitrogen functional groups attached to an aromatic ring is 1. The molecule has 0 radical (unpaired) electrons. The SMILES string of the molecule is CC.COCCCc1ccc2c(N3CCN(C)CC3)nc(N)nc2n1. The van der Waals surface area contributed by atoms with Crippen molar-refractivity contribution in [3.63, 3.8) is 0 Å². The minimum Gasteiger partial charge on any atom is -0.385 e. The molecule has 25 heavy (non-hydrogen) atoms. The summed E-state index contributed by atoms with van der Waals surface area (Å²) in [5, 5.41) is 0.972. The number of rotatable bonds is 5. The van der Waals surface area contributed by atoms with Gasteiger partial charge in [-0.15, -0.1) is 0 Å². The highest BCUT2D eigenvalue weighted by molar-refractivity contribution is 5.88. The van der Waals surface area contributed by atoms with E-state index in [1.165, 1.54) is 0 Å². The van der Waals surface area contributed by atoms with Gasteiger partial charge in [0.1, 0.15) is 5.82 Å². The fraction of sp³-hybridized carbons (Fsp3) is 0.611. The predicted octanol–water partition coefficient (Wildman–Crippen LogP) is 1.96. The Morgan fingerprint density at radius 1 is 1.08 bits per heavy atom. The second-order valence-electron chi connectivity index (χ2n) is 5.97. The molecule has 1 fully saturated rings. The monoisotopic (exact) mass is 346 g/mol. The Balaban J connectivity index is 0.00000109. The molecule has 2 N–H and O–H groups in total. The van der Waals surface area contributed by atoms with Gasteiger partial charge in [0, 0.05) is 45.6 Å². The lowest BCUT2D eigenvalue weighted by atomic mass is 10.2. The smallest absolute Gasteiger partial charge is 0.224 e. The number of likely N-dealkylation sites (N-methyl/N-ethyl adjacent to an activating group) is 1. The van der Waals surface area contributed by atoms with Crippen LogP contribution in [0.15, 0.2) is 12.1 Å². The molecule has 0 unspecified atom stereocenters. The molecule has 2 aromatic heterocycles. The number of pyridine rings is 1. The van der Waals surface area contributed by atoms with Crippen LogP contribution >= 0.6 is 0 Å². The van der Waals surface area contributed by atoms with Gasteiger partial charge in [-0.1, -0.05) is 13.8 Å². The van der Waals surface area contributed by atoms with Crippen molar-refractivity contribution >= 4 is 22.8 Å². The van der Waals surface area contributed by atoms with Gasteiger partial charge < -0.3 is 20.3 Å². The van der Waals surface area contributed by atoms with Gasteiger partial charge in [-0.25, -0.2) is 4.98 Å². The Labute approximate surface area is 150 Å². The lowest BCUT2D eigenvalue weighted by molar-refractivity contribution is 0.195. The Hall–Kier alpha value is -1.99. The van der Waals surface area contributed by atoms with Crippen LogP contribution in [-0.4, -0.2) is 66.8 Å². The highest BCUT2D eigenvalue weighted by Gasteiger charge is 2.19. The van der Waals surface area contributed by atoms with E-state index in [1.54, 1.807) is 7.11 Å². The third-order valence-electron chi connectivity index (χ3n) is 4.20. The molecule has 7 heteroatoms. The van der Waals surface area contributed by atoms with Gasteiger partial charge in [0.05, 0.1) is 5.39 Å². The maximum absolute atomic E-state index is 5.91. The molecule has 2 aromatic rings. The van der Waals surface area contributed by atoms with Crippen molar-refractivity contribution in [1.29, 1.82) is 0 Å². The zero-order valence-electron chi connectivity index (χ0n) is 15.8. The first-order valence-electron chi connectivity index (χ1n) is 9.03. The van der Waals surface area contributed by atoms with Crippen LogP contribution in [0.25, 0.3) is 11.0 Å². The van der Waals surface area contributed by atoms with E-state index in [9.17, 15) is 0 Å². The lowest BCUT2D eigenvalue weighted by Gasteiger charge is -2.33. The molecule has 0 bridgehead atoms. The summed E-state index contributed by atoms with van der Waals surface area (Å²) in [6.07, 6.45) is 1.82. The first kappa shape index (κ1) is 19.3. The zero-order valence-corrected chi connectivity index (χ0v) is 15.8. The van der Waals surface area contributed by atoms with Crippen LogP contribution in [0.2, 0.25) is 0 Å². The summed E-state index contributed by atoms with van der Waals surface area (Å²) in [7, 11) is 3.85. The molecule has 3 rings (SSSR count). The van der Waals surface area contributed by atoms with Gasteiger partial charge >= 0.3 is 0 Å². The third-order valence-corrected chi connectivity index (χ3v) is 4.20. The van der Waals surface area contributed by atoms with E-state index in [0.717, 1.165) is 62.5 Å². The molecule has 0 saturated carbocycles. The number of fused-ring (bicyclic) bond motifs is 1. The molecule has 0 amide bonds. The van der Waals surface area contributed by atoms with Crippen LogP contribution < -0.4 is 10.6 Å². The minimum atomic E-state index is 0.285.